The van der Waals surface area contributed by atoms with Gasteiger partial charge in [0.1, 0.15) is 0 Å². The van der Waals surface area contributed by atoms with Gasteiger partial charge in [-0.3, -0.25) is 0 Å². The van der Waals surface area contributed by atoms with Crippen molar-refractivity contribution in [3.8, 4) is 11.5 Å². The highest BCUT2D eigenvalue weighted by molar-refractivity contribution is 7.17. The van der Waals surface area contributed by atoms with Gasteiger partial charge < -0.3 is 9.84 Å². The molecule has 2 aromatic heterocycles. The standard InChI is InChI=1S/C15H15N3OS/c1-2-7-13-10(5-1)11(9-20-13)15-17-14(18-19-15)12-6-3-4-8-16-12/h1-2,5,7,9,12,16H,3-4,6,8H2. The Hall–Kier alpha value is -1.72. The quantitative estimate of drug-likeness (QED) is 0.778. The first kappa shape index (κ1) is 12.1. The van der Waals surface area contributed by atoms with Crippen LogP contribution < -0.4 is 5.32 Å². The number of nitrogens with zero attached hydrogens (tertiary/aromatic N) is 2. The van der Waals surface area contributed by atoms with E-state index in [1.807, 2.05) is 12.1 Å². The van der Waals surface area contributed by atoms with Crippen molar-refractivity contribution in [3.05, 3.63) is 35.5 Å². The minimum absolute atomic E-state index is 0.242. The van der Waals surface area contributed by atoms with Crippen LogP contribution in [0.3, 0.4) is 0 Å². The number of benzene rings is 1. The van der Waals surface area contributed by atoms with Gasteiger partial charge in [-0.1, -0.05) is 29.8 Å². The molecule has 3 aromatic rings. The van der Waals surface area contributed by atoms with Gasteiger partial charge in [0.25, 0.3) is 5.89 Å². The number of hydrogen-bond donors (Lipinski definition) is 1. The first-order chi connectivity index (χ1) is 9.92. The second kappa shape index (κ2) is 5.00. The van der Waals surface area contributed by atoms with Crippen molar-refractivity contribution < 1.29 is 4.52 Å². The third-order valence-electron chi connectivity index (χ3n) is 3.78. The zero-order valence-corrected chi connectivity index (χ0v) is 11.8. The maximum Gasteiger partial charge on any atom is 0.259 e. The van der Waals surface area contributed by atoms with Gasteiger partial charge in [-0.15, -0.1) is 11.3 Å². The van der Waals surface area contributed by atoms with Crippen molar-refractivity contribution in [2.75, 3.05) is 6.54 Å². The summed E-state index contributed by atoms with van der Waals surface area (Å²) in [5.74, 6) is 1.42. The van der Waals surface area contributed by atoms with Crippen LogP contribution in [0.4, 0.5) is 0 Å². The average Bonchev–Trinajstić information content (AvgIpc) is 3.14. The molecule has 102 valence electrons. The lowest BCUT2D eigenvalue weighted by Crippen LogP contribution is -2.27. The molecule has 0 spiro atoms. The van der Waals surface area contributed by atoms with E-state index in [-0.39, 0.29) is 6.04 Å². The Morgan fingerprint density at radius 2 is 2.20 bits per heavy atom. The third-order valence-corrected chi connectivity index (χ3v) is 4.74. The summed E-state index contributed by atoms with van der Waals surface area (Å²) in [4.78, 5) is 4.59. The Kier molecular flexibility index (Phi) is 3.01. The predicted molar refractivity (Wildman–Crippen MR) is 79.7 cm³/mol. The van der Waals surface area contributed by atoms with Gasteiger partial charge in [0.15, 0.2) is 5.82 Å². The Balaban J connectivity index is 1.70. The van der Waals surface area contributed by atoms with Gasteiger partial charge in [0.2, 0.25) is 0 Å². The molecule has 1 aliphatic rings. The molecule has 5 heteroatoms. The van der Waals surface area contributed by atoms with Gasteiger partial charge in [0.05, 0.1) is 11.6 Å². The molecule has 1 aromatic carbocycles. The van der Waals surface area contributed by atoms with Gasteiger partial charge in [0, 0.05) is 15.5 Å². The summed E-state index contributed by atoms with van der Waals surface area (Å²) < 4.78 is 6.72. The van der Waals surface area contributed by atoms with Crippen molar-refractivity contribution >= 4 is 21.4 Å². The minimum Gasteiger partial charge on any atom is -0.334 e. The molecule has 4 rings (SSSR count). The SMILES string of the molecule is c1ccc2c(-c3nc(C4CCCCN4)no3)csc2c1. The van der Waals surface area contributed by atoms with Crippen LogP contribution in [-0.4, -0.2) is 16.7 Å². The molecular weight excluding hydrogens is 270 g/mol. The zero-order valence-electron chi connectivity index (χ0n) is 11.0. The summed E-state index contributed by atoms with van der Waals surface area (Å²) in [5.41, 5.74) is 1.04. The van der Waals surface area contributed by atoms with Crippen LogP contribution in [0.2, 0.25) is 0 Å². The third kappa shape index (κ3) is 2.03. The van der Waals surface area contributed by atoms with Gasteiger partial charge in [-0.05, 0) is 25.5 Å². The molecule has 3 heterocycles. The van der Waals surface area contributed by atoms with Crippen LogP contribution >= 0.6 is 11.3 Å². The molecule has 0 saturated carbocycles. The maximum absolute atomic E-state index is 5.48. The summed E-state index contributed by atoms with van der Waals surface area (Å²) in [7, 11) is 0. The molecule has 1 N–H and O–H groups in total. The highest BCUT2D eigenvalue weighted by Crippen LogP contribution is 2.33. The first-order valence-corrected chi connectivity index (χ1v) is 7.83. The van der Waals surface area contributed by atoms with Crippen molar-refractivity contribution in [1.82, 2.24) is 15.5 Å². The summed E-state index contributed by atoms with van der Waals surface area (Å²) >= 11 is 1.71. The van der Waals surface area contributed by atoms with Crippen LogP contribution in [0, 0.1) is 0 Å². The number of hydrogen-bond acceptors (Lipinski definition) is 5. The minimum atomic E-state index is 0.242. The number of fused-ring (bicyclic) bond motifs is 1. The fraction of sp³-hybridized carbons (Fsp3) is 0.333. The lowest BCUT2D eigenvalue weighted by molar-refractivity contribution is 0.367. The topological polar surface area (TPSA) is 51.0 Å². The molecule has 1 fully saturated rings. The molecule has 20 heavy (non-hydrogen) atoms. The van der Waals surface area contributed by atoms with E-state index >= 15 is 0 Å². The molecule has 1 saturated heterocycles. The Morgan fingerprint density at radius 1 is 1.25 bits per heavy atom. The average molecular weight is 285 g/mol. The maximum atomic E-state index is 5.48. The molecule has 1 unspecified atom stereocenters. The summed E-state index contributed by atoms with van der Waals surface area (Å²) in [5, 5.41) is 10.9. The lowest BCUT2D eigenvalue weighted by atomic mass is 10.0. The summed E-state index contributed by atoms with van der Waals surface area (Å²) in [6.45, 7) is 1.04. The van der Waals surface area contributed by atoms with E-state index in [1.165, 1.54) is 22.9 Å². The second-order valence-electron chi connectivity index (χ2n) is 5.11. The Labute approximate surface area is 120 Å². The largest absolute Gasteiger partial charge is 0.334 e. The Morgan fingerprint density at radius 3 is 3.10 bits per heavy atom. The van der Waals surface area contributed by atoms with Crippen LogP contribution in [-0.2, 0) is 0 Å². The predicted octanol–water partition coefficient (Wildman–Crippen LogP) is 3.77. The number of rotatable bonds is 2. The summed E-state index contributed by atoms with van der Waals surface area (Å²) in [6.07, 6.45) is 3.54. The van der Waals surface area contributed by atoms with Gasteiger partial charge in [-0.2, -0.15) is 4.98 Å². The van der Waals surface area contributed by atoms with E-state index in [0.29, 0.717) is 5.89 Å². The molecule has 0 radical (unpaired) electrons. The van der Waals surface area contributed by atoms with Crippen molar-refractivity contribution in [3.63, 3.8) is 0 Å². The fourth-order valence-electron chi connectivity index (χ4n) is 2.70. The molecule has 0 bridgehead atoms. The highest BCUT2D eigenvalue weighted by Gasteiger charge is 2.21. The van der Waals surface area contributed by atoms with Gasteiger partial charge in [-0.25, -0.2) is 0 Å². The van der Waals surface area contributed by atoms with E-state index in [0.717, 1.165) is 24.4 Å². The highest BCUT2D eigenvalue weighted by atomic mass is 32.1. The van der Waals surface area contributed by atoms with E-state index in [4.69, 9.17) is 4.52 Å². The molecule has 1 aliphatic heterocycles. The van der Waals surface area contributed by atoms with E-state index in [1.54, 1.807) is 11.3 Å². The van der Waals surface area contributed by atoms with E-state index in [2.05, 4.69) is 33.0 Å². The molecule has 4 nitrogen and oxygen atoms in total. The fourth-order valence-corrected chi connectivity index (χ4v) is 3.64. The van der Waals surface area contributed by atoms with Crippen LogP contribution in [0.5, 0.6) is 0 Å². The number of nitrogens with one attached hydrogen (secondary N) is 1. The molecule has 0 amide bonds. The Bertz CT molecular complexity index is 727. The molecular formula is C15H15N3OS. The van der Waals surface area contributed by atoms with Crippen LogP contribution in [0.25, 0.3) is 21.5 Å². The smallest absolute Gasteiger partial charge is 0.259 e. The number of aromatic nitrogens is 2. The van der Waals surface area contributed by atoms with E-state index in [9.17, 15) is 0 Å². The van der Waals surface area contributed by atoms with Gasteiger partial charge >= 0.3 is 0 Å². The van der Waals surface area contributed by atoms with E-state index < -0.39 is 0 Å². The normalized spacial score (nSPS) is 19.5. The number of piperidine rings is 1. The second-order valence-corrected chi connectivity index (χ2v) is 6.02. The molecule has 1 atom stereocenters. The van der Waals surface area contributed by atoms with Crippen LogP contribution in [0.1, 0.15) is 31.1 Å². The van der Waals surface area contributed by atoms with Crippen LogP contribution in [0.15, 0.2) is 34.2 Å². The first-order valence-electron chi connectivity index (χ1n) is 6.95. The van der Waals surface area contributed by atoms with Crippen molar-refractivity contribution in [2.24, 2.45) is 0 Å². The lowest BCUT2D eigenvalue weighted by Gasteiger charge is -2.19. The monoisotopic (exact) mass is 285 g/mol. The van der Waals surface area contributed by atoms with Crippen molar-refractivity contribution in [2.45, 2.75) is 25.3 Å². The van der Waals surface area contributed by atoms with Crippen molar-refractivity contribution in [1.29, 1.82) is 0 Å². The molecule has 0 aliphatic carbocycles. The zero-order chi connectivity index (χ0) is 13.4. The number of thiophene rings is 1. The summed E-state index contributed by atoms with van der Waals surface area (Å²) in [6, 6.07) is 8.55.